The van der Waals surface area contributed by atoms with Gasteiger partial charge in [0.05, 0.1) is 38.3 Å². The minimum atomic E-state index is -0.0754. The van der Waals surface area contributed by atoms with Crippen molar-refractivity contribution in [1.29, 1.82) is 0 Å². The lowest BCUT2D eigenvalue weighted by atomic mass is 10.2. The molecule has 4 rings (SSSR count). The Bertz CT molecular complexity index is 908. The maximum atomic E-state index is 12.2. The standard InChI is InChI=1S/C20H23N5O3S/c26-18(21-13-17-7-4-10-28-17)15-29-20-23-22-19(24-8-11-27-12-9-24)25(20)14-16-5-2-1-3-6-16/h1-7,10H,8-9,11-15H2,(H,21,26). The van der Waals surface area contributed by atoms with Gasteiger partial charge in [-0.05, 0) is 17.7 Å². The molecule has 0 aliphatic carbocycles. The quantitative estimate of drug-likeness (QED) is 0.567. The van der Waals surface area contributed by atoms with Crippen LogP contribution in [0, 0.1) is 0 Å². The van der Waals surface area contributed by atoms with Gasteiger partial charge in [0.15, 0.2) is 5.16 Å². The molecule has 3 aromatic rings. The van der Waals surface area contributed by atoms with Crippen molar-refractivity contribution in [2.75, 3.05) is 37.0 Å². The first-order valence-corrected chi connectivity index (χ1v) is 10.5. The van der Waals surface area contributed by atoms with E-state index in [4.69, 9.17) is 9.15 Å². The Morgan fingerprint density at radius 3 is 2.69 bits per heavy atom. The Morgan fingerprint density at radius 2 is 1.93 bits per heavy atom. The van der Waals surface area contributed by atoms with Gasteiger partial charge in [-0.3, -0.25) is 9.36 Å². The molecule has 1 N–H and O–H groups in total. The zero-order valence-electron chi connectivity index (χ0n) is 16.0. The number of anilines is 1. The van der Waals surface area contributed by atoms with E-state index < -0.39 is 0 Å². The summed E-state index contributed by atoms with van der Waals surface area (Å²) in [6, 6.07) is 13.8. The summed E-state index contributed by atoms with van der Waals surface area (Å²) in [5, 5.41) is 12.4. The molecule has 0 bridgehead atoms. The number of morpholine rings is 1. The van der Waals surface area contributed by atoms with Gasteiger partial charge in [0.1, 0.15) is 5.76 Å². The van der Waals surface area contributed by atoms with Crippen LogP contribution in [0.15, 0.2) is 58.3 Å². The fourth-order valence-corrected chi connectivity index (χ4v) is 3.83. The summed E-state index contributed by atoms with van der Waals surface area (Å²) in [6.45, 7) is 3.94. The SMILES string of the molecule is O=C(CSc1nnc(N2CCOCC2)n1Cc1ccccc1)NCc1ccco1. The van der Waals surface area contributed by atoms with E-state index in [1.54, 1.807) is 12.3 Å². The van der Waals surface area contributed by atoms with Crippen molar-refractivity contribution in [1.82, 2.24) is 20.1 Å². The minimum absolute atomic E-state index is 0.0754. The molecule has 9 heteroatoms. The van der Waals surface area contributed by atoms with E-state index in [-0.39, 0.29) is 11.7 Å². The number of hydrogen-bond acceptors (Lipinski definition) is 7. The van der Waals surface area contributed by atoms with Gasteiger partial charge in [-0.2, -0.15) is 0 Å². The second-order valence-corrected chi connectivity index (χ2v) is 7.54. The van der Waals surface area contributed by atoms with Crippen LogP contribution in [0.25, 0.3) is 0 Å². The predicted molar refractivity (Wildman–Crippen MR) is 110 cm³/mol. The molecule has 8 nitrogen and oxygen atoms in total. The molecule has 1 aliphatic heterocycles. The number of aromatic nitrogens is 3. The topological polar surface area (TPSA) is 85.4 Å². The summed E-state index contributed by atoms with van der Waals surface area (Å²) in [6.07, 6.45) is 1.59. The van der Waals surface area contributed by atoms with Crippen molar-refractivity contribution in [3.63, 3.8) is 0 Å². The number of rotatable bonds is 8. The smallest absolute Gasteiger partial charge is 0.230 e. The number of furan rings is 1. The number of carbonyl (C=O) groups excluding carboxylic acids is 1. The molecule has 152 valence electrons. The monoisotopic (exact) mass is 413 g/mol. The van der Waals surface area contributed by atoms with E-state index in [9.17, 15) is 4.79 Å². The van der Waals surface area contributed by atoms with Crippen LogP contribution in [-0.2, 0) is 22.6 Å². The highest BCUT2D eigenvalue weighted by atomic mass is 32.2. The number of amides is 1. The van der Waals surface area contributed by atoms with Crippen LogP contribution in [0.1, 0.15) is 11.3 Å². The third kappa shape index (κ3) is 5.18. The van der Waals surface area contributed by atoms with E-state index in [2.05, 4.69) is 37.1 Å². The normalized spacial score (nSPS) is 14.1. The van der Waals surface area contributed by atoms with E-state index >= 15 is 0 Å². The lowest BCUT2D eigenvalue weighted by Gasteiger charge is -2.28. The van der Waals surface area contributed by atoms with Crippen LogP contribution in [0.2, 0.25) is 0 Å². The van der Waals surface area contributed by atoms with Crippen LogP contribution >= 0.6 is 11.8 Å². The molecule has 1 aliphatic rings. The average molecular weight is 414 g/mol. The summed E-state index contributed by atoms with van der Waals surface area (Å²) in [5.74, 6) is 1.73. The Kier molecular flexibility index (Phi) is 6.48. The molecular formula is C20H23N5O3S. The fourth-order valence-electron chi connectivity index (χ4n) is 3.07. The maximum Gasteiger partial charge on any atom is 0.230 e. The zero-order valence-corrected chi connectivity index (χ0v) is 16.8. The molecule has 1 amide bonds. The molecule has 0 saturated carbocycles. The van der Waals surface area contributed by atoms with Gasteiger partial charge < -0.3 is 19.4 Å². The summed E-state index contributed by atoms with van der Waals surface area (Å²) >= 11 is 1.39. The minimum Gasteiger partial charge on any atom is -0.467 e. The van der Waals surface area contributed by atoms with Crippen molar-refractivity contribution >= 4 is 23.6 Å². The van der Waals surface area contributed by atoms with Crippen molar-refractivity contribution in [3.8, 4) is 0 Å². The van der Waals surface area contributed by atoms with Gasteiger partial charge in [0.2, 0.25) is 11.9 Å². The molecule has 0 unspecified atom stereocenters. The maximum absolute atomic E-state index is 12.2. The van der Waals surface area contributed by atoms with Crippen LogP contribution in [-0.4, -0.2) is 52.7 Å². The summed E-state index contributed by atoms with van der Waals surface area (Å²) in [4.78, 5) is 14.4. The number of thioether (sulfide) groups is 1. The van der Waals surface area contributed by atoms with E-state index in [1.807, 2.05) is 24.3 Å². The lowest BCUT2D eigenvalue weighted by Crippen LogP contribution is -2.38. The molecule has 0 radical (unpaired) electrons. The fraction of sp³-hybridized carbons (Fsp3) is 0.350. The van der Waals surface area contributed by atoms with Crippen molar-refractivity contribution in [3.05, 3.63) is 60.1 Å². The third-order valence-corrected chi connectivity index (χ3v) is 5.51. The predicted octanol–water partition coefficient (Wildman–Crippen LogP) is 2.16. The van der Waals surface area contributed by atoms with Gasteiger partial charge in [0, 0.05) is 13.1 Å². The molecule has 1 fully saturated rings. The van der Waals surface area contributed by atoms with E-state index in [0.717, 1.165) is 35.5 Å². The molecule has 1 aromatic carbocycles. The van der Waals surface area contributed by atoms with Crippen LogP contribution in [0.5, 0.6) is 0 Å². The van der Waals surface area contributed by atoms with Crippen molar-refractivity contribution in [2.45, 2.75) is 18.2 Å². The number of hydrogen-bond donors (Lipinski definition) is 1. The highest BCUT2D eigenvalue weighted by molar-refractivity contribution is 7.99. The van der Waals surface area contributed by atoms with Gasteiger partial charge in [0.25, 0.3) is 0 Å². The first-order chi connectivity index (χ1) is 14.3. The third-order valence-electron chi connectivity index (χ3n) is 4.55. The van der Waals surface area contributed by atoms with Crippen molar-refractivity contribution in [2.24, 2.45) is 0 Å². The molecule has 0 atom stereocenters. The second kappa shape index (κ2) is 9.62. The Hall–Kier alpha value is -2.78. The van der Waals surface area contributed by atoms with E-state index in [0.29, 0.717) is 26.3 Å². The summed E-state index contributed by atoms with van der Waals surface area (Å²) in [7, 11) is 0. The van der Waals surface area contributed by atoms with Gasteiger partial charge in [-0.1, -0.05) is 42.1 Å². The molecule has 1 saturated heterocycles. The molecule has 2 aromatic heterocycles. The van der Waals surface area contributed by atoms with Crippen LogP contribution in [0.4, 0.5) is 5.95 Å². The molecule has 3 heterocycles. The molecular weight excluding hydrogens is 390 g/mol. The Balaban J connectivity index is 1.45. The van der Waals surface area contributed by atoms with Gasteiger partial charge >= 0.3 is 0 Å². The largest absolute Gasteiger partial charge is 0.467 e. The Labute approximate surface area is 173 Å². The van der Waals surface area contributed by atoms with Gasteiger partial charge in [-0.15, -0.1) is 10.2 Å². The zero-order chi connectivity index (χ0) is 19.9. The number of carbonyl (C=O) groups is 1. The highest BCUT2D eigenvalue weighted by Gasteiger charge is 2.21. The van der Waals surface area contributed by atoms with Crippen LogP contribution < -0.4 is 10.2 Å². The average Bonchev–Trinajstić information content (AvgIpc) is 3.42. The summed E-state index contributed by atoms with van der Waals surface area (Å²) < 4.78 is 12.8. The lowest BCUT2D eigenvalue weighted by molar-refractivity contribution is -0.118. The number of benzene rings is 1. The van der Waals surface area contributed by atoms with Gasteiger partial charge in [-0.25, -0.2) is 0 Å². The summed E-state index contributed by atoms with van der Waals surface area (Å²) in [5.41, 5.74) is 1.16. The number of nitrogens with one attached hydrogen (secondary N) is 1. The first kappa shape index (κ1) is 19.5. The molecule has 0 spiro atoms. The van der Waals surface area contributed by atoms with Crippen LogP contribution in [0.3, 0.4) is 0 Å². The van der Waals surface area contributed by atoms with E-state index in [1.165, 1.54) is 11.8 Å². The highest BCUT2D eigenvalue weighted by Crippen LogP contribution is 2.24. The second-order valence-electron chi connectivity index (χ2n) is 6.60. The first-order valence-electron chi connectivity index (χ1n) is 9.51. The Morgan fingerprint density at radius 1 is 1.10 bits per heavy atom. The molecule has 29 heavy (non-hydrogen) atoms. The van der Waals surface area contributed by atoms with Crippen molar-refractivity contribution < 1.29 is 13.9 Å². The number of nitrogens with zero attached hydrogens (tertiary/aromatic N) is 4. The number of ether oxygens (including phenoxy) is 1.